The van der Waals surface area contributed by atoms with Crippen LogP contribution >= 0.6 is 0 Å². The summed E-state index contributed by atoms with van der Waals surface area (Å²) in [6, 6.07) is 0. The Morgan fingerprint density at radius 3 is 2.70 bits per heavy atom. The van der Waals surface area contributed by atoms with E-state index in [4.69, 9.17) is 14.5 Å². The lowest BCUT2D eigenvalue weighted by Crippen LogP contribution is -2.42. The summed E-state index contributed by atoms with van der Waals surface area (Å²) in [5, 5.41) is 0. The van der Waals surface area contributed by atoms with Crippen LogP contribution in [0, 0.1) is 11.3 Å². The summed E-state index contributed by atoms with van der Waals surface area (Å²) in [5.74, 6) is 1.64. The van der Waals surface area contributed by atoms with E-state index < -0.39 is 5.41 Å². The third kappa shape index (κ3) is 2.64. The van der Waals surface area contributed by atoms with E-state index >= 15 is 0 Å². The molecule has 0 saturated heterocycles. The number of Topliss-reactive ketones (excluding diaryl/α,β-unsaturated/α-hetero) is 1. The van der Waals surface area contributed by atoms with Crippen LogP contribution in [-0.2, 0) is 14.3 Å². The summed E-state index contributed by atoms with van der Waals surface area (Å²) in [5.41, 5.74) is 0.153. The van der Waals surface area contributed by atoms with E-state index in [1.165, 1.54) is 0 Å². The van der Waals surface area contributed by atoms with Crippen LogP contribution in [0.1, 0.15) is 40.0 Å². The van der Waals surface area contributed by atoms with Gasteiger partial charge in [-0.25, -0.2) is 4.99 Å². The zero-order valence-electron chi connectivity index (χ0n) is 14.4. The molecule has 0 saturated carbocycles. The standard InChI is InChI=1S/C19H25NO3/c1-18(2)12-23-17(20-18)13-10-11-16(22-4)19(3)14(13)8-6-5-7-9-15(19)21/h5-6,10-11,14H,7-9,12H2,1-4H3/b6-5-/t14-,19+/m1/s1. The first-order valence-corrected chi connectivity index (χ1v) is 8.26. The first kappa shape index (κ1) is 16.0. The molecule has 0 aromatic heterocycles. The van der Waals surface area contributed by atoms with Gasteiger partial charge in [0.1, 0.15) is 18.1 Å². The monoisotopic (exact) mass is 315 g/mol. The number of methoxy groups -OCH3 is 1. The molecule has 0 bridgehead atoms. The highest BCUT2D eigenvalue weighted by molar-refractivity contribution is 5.99. The molecule has 2 aliphatic carbocycles. The number of ketones is 1. The summed E-state index contributed by atoms with van der Waals surface area (Å²) in [7, 11) is 1.64. The highest BCUT2D eigenvalue weighted by Crippen LogP contribution is 2.48. The van der Waals surface area contributed by atoms with Gasteiger partial charge in [-0.05, 0) is 45.8 Å². The first-order chi connectivity index (χ1) is 10.9. The fourth-order valence-corrected chi connectivity index (χ4v) is 3.69. The van der Waals surface area contributed by atoms with Gasteiger partial charge in [0, 0.05) is 17.9 Å². The Bertz CT molecular complexity index is 639. The van der Waals surface area contributed by atoms with Crippen molar-refractivity contribution in [2.75, 3.05) is 13.7 Å². The molecule has 0 aromatic rings. The molecule has 4 nitrogen and oxygen atoms in total. The third-order valence-electron chi connectivity index (χ3n) is 5.09. The maximum absolute atomic E-state index is 12.9. The number of carbonyl (C=O) groups excluding carboxylic acids is 1. The minimum absolute atomic E-state index is 0.000787. The number of allylic oxidation sites excluding steroid dienone is 5. The van der Waals surface area contributed by atoms with Gasteiger partial charge in [-0.15, -0.1) is 0 Å². The molecule has 23 heavy (non-hydrogen) atoms. The van der Waals surface area contributed by atoms with Crippen molar-refractivity contribution in [3.63, 3.8) is 0 Å². The topological polar surface area (TPSA) is 47.9 Å². The molecule has 0 radical (unpaired) electrons. The smallest absolute Gasteiger partial charge is 0.212 e. The normalized spacial score (nSPS) is 34.2. The van der Waals surface area contributed by atoms with E-state index in [0.717, 1.165) is 24.2 Å². The summed E-state index contributed by atoms with van der Waals surface area (Å²) >= 11 is 0. The number of carbonyl (C=O) groups is 1. The molecule has 0 amide bonds. The Labute approximate surface area is 138 Å². The average Bonchev–Trinajstić information content (AvgIpc) is 2.86. The van der Waals surface area contributed by atoms with Crippen molar-refractivity contribution in [1.82, 2.24) is 0 Å². The third-order valence-corrected chi connectivity index (χ3v) is 5.09. The lowest BCUT2D eigenvalue weighted by Gasteiger charge is -2.41. The largest absolute Gasteiger partial charge is 0.500 e. The highest BCUT2D eigenvalue weighted by atomic mass is 16.5. The van der Waals surface area contributed by atoms with Crippen LogP contribution in [-0.4, -0.2) is 30.9 Å². The maximum Gasteiger partial charge on any atom is 0.212 e. The number of aliphatic imine (C=N–C) groups is 1. The fraction of sp³-hybridized carbons (Fsp3) is 0.579. The number of nitrogens with zero attached hydrogens (tertiary/aromatic N) is 1. The Morgan fingerprint density at radius 1 is 1.26 bits per heavy atom. The van der Waals surface area contributed by atoms with Gasteiger partial charge in [0.15, 0.2) is 0 Å². The van der Waals surface area contributed by atoms with Crippen molar-refractivity contribution in [2.24, 2.45) is 16.3 Å². The average molecular weight is 315 g/mol. The van der Waals surface area contributed by atoms with E-state index in [0.29, 0.717) is 18.9 Å². The predicted octanol–water partition coefficient (Wildman–Crippen LogP) is 3.60. The lowest BCUT2D eigenvalue weighted by molar-refractivity contribution is -0.130. The van der Waals surface area contributed by atoms with Gasteiger partial charge in [0.25, 0.3) is 0 Å². The minimum Gasteiger partial charge on any atom is -0.500 e. The Morgan fingerprint density at radius 2 is 2.04 bits per heavy atom. The van der Waals surface area contributed by atoms with Gasteiger partial charge >= 0.3 is 0 Å². The van der Waals surface area contributed by atoms with Gasteiger partial charge in [-0.2, -0.15) is 0 Å². The molecule has 0 unspecified atom stereocenters. The SMILES string of the molecule is COC1=CC=C(C2=NC(C)(C)CO2)[C@H]2C/C=C\CCC(=O)[C@@]12C. The van der Waals surface area contributed by atoms with E-state index in [9.17, 15) is 4.79 Å². The highest BCUT2D eigenvalue weighted by Gasteiger charge is 2.49. The maximum atomic E-state index is 12.9. The summed E-state index contributed by atoms with van der Waals surface area (Å²) in [4.78, 5) is 17.6. The molecule has 1 heterocycles. The fourth-order valence-electron chi connectivity index (χ4n) is 3.69. The van der Waals surface area contributed by atoms with Crippen molar-refractivity contribution in [1.29, 1.82) is 0 Å². The number of fused-ring (bicyclic) bond motifs is 1. The Hall–Kier alpha value is -1.84. The first-order valence-electron chi connectivity index (χ1n) is 8.26. The van der Waals surface area contributed by atoms with Crippen LogP contribution in [0.3, 0.4) is 0 Å². The van der Waals surface area contributed by atoms with Gasteiger partial charge in [0.05, 0.1) is 18.1 Å². The van der Waals surface area contributed by atoms with Gasteiger partial charge in [-0.3, -0.25) is 4.79 Å². The molecule has 0 fully saturated rings. The predicted molar refractivity (Wildman–Crippen MR) is 90.2 cm³/mol. The zero-order chi connectivity index (χ0) is 16.7. The van der Waals surface area contributed by atoms with Crippen LogP contribution < -0.4 is 0 Å². The molecule has 124 valence electrons. The van der Waals surface area contributed by atoms with Crippen molar-refractivity contribution in [3.05, 3.63) is 35.6 Å². The van der Waals surface area contributed by atoms with Gasteiger partial charge in [-0.1, -0.05) is 12.2 Å². The zero-order valence-corrected chi connectivity index (χ0v) is 14.4. The van der Waals surface area contributed by atoms with Gasteiger partial charge in [0.2, 0.25) is 5.90 Å². The molecule has 3 aliphatic rings. The molecular weight excluding hydrogens is 290 g/mol. The second-order valence-electron chi connectivity index (χ2n) is 7.30. The quantitative estimate of drug-likeness (QED) is 0.732. The van der Waals surface area contributed by atoms with E-state index in [-0.39, 0.29) is 17.2 Å². The molecule has 0 spiro atoms. The second kappa shape index (κ2) is 5.66. The molecule has 4 heteroatoms. The Balaban J connectivity index is 2.09. The Kier molecular flexibility index (Phi) is 3.95. The van der Waals surface area contributed by atoms with Crippen molar-refractivity contribution in [3.8, 4) is 0 Å². The second-order valence-corrected chi connectivity index (χ2v) is 7.30. The van der Waals surface area contributed by atoms with E-state index in [2.05, 4.69) is 26.0 Å². The van der Waals surface area contributed by atoms with Crippen molar-refractivity contribution >= 4 is 11.7 Å². The molecule has 0 aromatic carbocycles. The van der Waals surface area contributed by atoms with E-state index in [1.807, 2.05) is 19.1 Å². The summed E-state index contributed by atoms with van der Waals surface area (Å²) in [6.45, 7) is 6.69. The van der Waals surface area contributed by atoms with Crippen LogP contribution in [0.15, 0.2) is 40.6 Å². The number of hydrogen-bond donors (Lipinski definition) is 0. The molecule has 0 N–H and O–H groups in total. The van der Waals surface area contributed by atoms with E-state index in [1.54, 1.807) is 7.11 Å². The summed E-state index contributed by atoms with van der Waals surface area (Å²) < 4.78 is 11.4. The molecule has 1 aliphatic heterocycles. The van der Waals surface area contributed by atoms with Crippen LogP contribution in [0.2, 0.25) is 0 Å². The van der Waals surface area contributed by atoms with Crippen molar-refractivity contribution < 1.29 is 14.3 Å². The van der Waals surface area contributed by atoms with Crippen molar-refractivity contribution in [2.45, 2.75) is 45.6 Å². The molecular formula is C19H25NO3. The number of rotatable bonds is 2. The van der Waals surface area contributed by atoms with Crippen LogP contribution in [0.5, 0.6) is 0 Å². The molecule has 2 atom stereocenters. The van der Waals surface area contributed by atoms with Crippen LogP contribution in [0.25, 0.3) is 0 Å². The number of hydrogen-bond acceptors (Lipinski definition) is 4. The van der Waals surface area contributed by atoms with Gasteiger partial charge < -0.3 is 9.47 Å². The lowest BCUT2D eigenvalue weighted by atomic mass is 9.63. The minimum atomic E-state index is -0.651. The summed E-state index contributed by atoms with van der Waals surface area (Å²) in [6.07, 6.45) is 10.3. The van der Waals surface area contributed by atoms with Crippen LogP contribution in [0.4, 0.5) is 0 Å². The number of ether oxygens (including phenoxy) is 2. The molecule has 3 rings (SSSR count).